The Hall–Kier alpha value is -16.2. The van der Waals surface area contributed by atoms with Crippen molar-refractivity contribution >= 4 is 123 Å². The third-order valence-corrected chi connectivity index (χ3v) is 36.2. The van der Waals surface area contributed by atoms with Crippen molar-refractivity contribution in [2.24, 2.45) is 6.98 Å². The topological polar surface area (TPSA) is 55.4 Å². The molecule has 0 radical (unpaired) electrons. The van der Waals surface area contributed by atoms with Crippen LogP contribution in [0.1, 0.15) is 4.11 Å². The maximum atomic E-state index is 8.41. The summed E-state index contributed by atoms with van der Waals surface area (Å²) in [5.74, 6) is 1.62. The summed E-state index contributed by atoms with van der Waals surface area (Å²) in [5.41, 5.74) is 24.2. The molecule has 6 aromatic heterocycles. The molecule has 0 unspecified atom stereocenters. The molecule has 666 valence electrons. The smallest absolute Gasteiger partial charge is 0.188 e. The van der Waals surface area contributed by atoms with Crippen LogP contribution in [0.3, 0.4) is 0 Å². The maximum absolute atomic E-state index is 8.41. The predicted molar refractivity (Wildman–Crippen MR) is 573 cm³/mol. The van der Waals surface area contributed by atoms with E-state index in [4.69, 9.17) is 14.1 Å². The average molecular weight is 2180 g/mol. The van der Waals surface area contributed by atoms with Crippen molar-refractivity contribution in [3.05, 3.63) is 541 Å². The normalized spacial score (nSPS) is 11.9. The summed E-state index contributed by atoms with van der Waals surface area (Å²) >= 11 is 0. The minimum atomic E-state index is -3.28. The Morgan fingerprint density at radius 3 is 0.921 bits per heavy atom. The minimum absolute atomic E-state index is 0. The van der Waals surface area contributed by atoms with Gasteiger partial charge < -0.3 is 9.13 Å². The van der Waals surface area contributed by atoms with Gasteiger partial charge in [0, 0.05) is 112 Å². The molecule has 0 N–H and O–H groups in total. The number of fused-ring (bicyclic) bond motifs is 8. The number of rotatable bonds is 19. The van der Waals surface area contributed by atoms with Crippen LogP contribution in [0.15, 0.2) is 516 Å². The molecule has 0 atom stereocenters. The molecule has 139 heavy (non-hydrogen) atoms. The predicted octanol–water partition coefficient (Wildman–Crippen LogP) is 24.9. The van der Waals surface area contributed by atoms with Gasteiger partial charge in [-0.15, -0.1) is 40.2 Å². The molecule has 12 heteroatoms. The van der Waals surface area contributed by atoms with Gasteiger partial charge in [-0.05, 0) is 159 Å². The molecule has 25 aromatic rings. The van der Waals surface area contributed by atoms with Crippen LogP contribution in [0.4, 0.5) is 0 Å². The van der Waals surface area contributed by atoms with Gasteiger partial charge in [0.2, 0.25) is 0 Å². The fourth-order valence-electron chi connectivity index (χ4n) is 20.9. The molecule has 0 spiro atoms. The molecule has 0 aliphatic rings. The van der Waals surface area contributed by atoms with E-state index in [0.29, 0.717) is 5.52 Å². The fourth-order valence-corrected chi connectivity index (χ4v) is 30.0. The second-order valence-corrected chi connectivity index (χ2v) is 42.1. The number of imidazole rings is 2. The molecule has 25 rings (SSSR count). The van der Waals surface area contributed by atoms with Crippen LogP contribution in [-0.4, -0.2) is 53.5 Å². The van der Waals surface area contributed by atoms with Crippen molar-refractivity contribution in [2.45, 2.75) is 0 Å². The number of para-hydroxylation sites is 7. The molecule has 0 aliphatic heterocycles. The van der Waals surface area contributed by atoms with Gasteiger partial charge in [0.25, 0.3) is 0 Å². The van der Waals surface area contributed by atoms with E-state index in [-0.39, 0.29) is 42.1 Å². The molecule has 8 nitrogen and oxygen atoms in total. The molecular weight excluding hydrogens is 2080 g/mol. The first-order chi connectivity index (χ1) is 69.1. The molecular formula is C127H88N8Pt2Si2-2. The van der Waals surface area contributed by atoms with Crippen LogP contribution in [0.2, 0.25) is 0 Å². The Kier molecular flexibility index (Phi) is 23.2. The molecule has 0 saturated heterocycles. The summed E-state index contributed by atoms with van der Waals surface area (Å²) in [4.78, 5) is 10.4. The first-order valence-electron chi connectivity index (χ1n) is 47.8. The van der Waals surface area contributed by atoms with E-state index in [0.717, 1.165) is 160 Å². The monoisotopic (exact) mass is 2170 g/mol. The third kappa shape index (κ3) is 15.7. The largest absolute Gasteiger partial charge is 0.319 e. The summed E-state index contributed by atoms with van der Waals surface area (Å²) in [6, 6.07) is 191. The van der Waals surface area contributed by atoms with E-state index in [1.165, 1.54) is 42.0 Å². The molecule has 0 bridgehead atoms. The number of hydrogen-bond acceptors (Lipinski definition) is 2. The zero-order valence-electron chi connectivity index (χ0n) is 78.3. The summed E-state index contributed by atoms with van der Waals surface area (Å²) in [6.07, 6.45) is 7.77. The van der Waals surface area contributed by atoms with Crippen LogP contribution < -0.4 is 41.5 Å². The Bertz CT molecular complexity index is 8730. The summed E-state index contributed by atoms with van der Waals surface area (Å²) < 4.78 is 37.7. The van der Waals surface area contributed by atoms with E-state index in [2.05, 4.69) is 510 Å². The van der Waals surface area contributed by atoms with Gasteiger partial charge >= 0.3 is 0 Å². The zero-order valence-corrected chi connectivity index (χ0v) is 81.8. The number of nitrogens with zero attached hydrogens (tertiary/aromatic N) is 8. The second-order valence-electron chi connectivity index (χ2n) is 34.6. The molecule has 0 fully saturated rings. The van der Waals surface area contributed by atoms with Gasteiger partial charge in [0.1, 0.15) is 33.5 Å². The molecule has 0 saturated carbocycles. The first-order valence-corrected chi connectivity index (χ1v) is 50.3. The van der Waals surface area contributed by atoms with Crippen LogP contribution in [-0.2, 0) is 49.1 Å². The maximum Gasteiger partial charge on any atom is 0.188 e. The number of pyridine rings is 2. The van der Waals surface area contributed by atoms with Crippen molar-refractivity contribution in [3.8, 4) is 95.5 Å². The third-order valence-electron chi connectivity index (χ3n) is 27.0. The number of benzene rings is 19. The van der Waals surface area contributed by atoms with E-state index in [9.17, 15) is 0 Å². The van der Waals surface area contributed by atoms with Gasteiger partial charge in [-0.3, -0.25) is 0 Å². The molecule has 0 amide bonds. The van der Waals surface area contributed by atoms with Gasteiger partial charge in [-0.2, -0.15) is 80.8 Å². The van der Waals surface area contributed by atoms with Gasteiger partial charge in [0.05, 0.1) is 0 Å². The van der Waals surface area contributed by atoms with Crippen molar-refractivity contribution < 1.29 is 46.2 Å². The standard InChI is InChI=1S/C66H45N4Si.C61H43N4Si.2Pt/c1-6-22-48(23-7-1)57-35-21-36-58(49-24-8-2-9-25-49)66(57)50-42-43-67-65(44-50)70-61-37-17-16-34-59(61)60-41-40-56(46-64(60)70)71(53-29-12-4-13-30-53,54-31-14-5-15-32-54)55-33-20-28-52(45-55)69-47-68(51-26-10-3-11-27-51)62-38-18-19-39-63(62)69;1-63-43-64(58-35-17-16-34-57(58)63)47-24-18-29-50(41-47)66(48-25-10-4-11-26-48,49-27-12-5-13-28-49)51-36-37-55-54-30-14-15-33-56(54)65(59(55)42-51)60-40-46(38-39-62-60)61-52(44-20-6-2-7-21-44)31-19-32-53(61)45-22-8-3-9-23-45;;/h1-44,47H;2-40,43H,1H3;;/q2*-1;;/i;1D3;;. The number of hydrogen-bond donors (Lipinski definition) is 0. The molecule has 6 heterocycles. The Morgan fingerprint density at radius 1 is 0.245 bits per heavy atom. The second kappa shape index (κ2) is 38.2. The zero-order chi connectivity index (χ0) is 93.7. The van der Waals surface area contributed by atoms with Crippen LogP contribution >= 0.6 is 0 Å². The minimum Gasteiger partial charge on any atom is -0.319 e. The van der Waals surface area contributed by atoms with E-state index in [1.807, 2.05) is 47.3 Å². The molecule has 0 aliphatic carbocycles. The summed E-state index contributed by atoms with van der Waals surface area (Å²) in [5, 5.41) is 13.6. The first kappa shape index (κ1) is 84.6. The van der Waals surface area contributed by atoms with E-state index >= 15 is 0 Å². The van der Waals surface area contributed by atoms with Crippen molar-refractivity contribution in [3.63, 3.8) is 0 Å². The van der Waals surface area contributed by atoms with Crippen LogP contribution in [0.25, 0.3) is 161 Å². The van der Waals surface area contributed by atoms with Gasteiger partial charge in [0.15, 0.2) is 34.7 Å². The number of aryl methyl sites for hydroxylation is 1. The Labute approximate surface area is 843 Å². The van der Waals surface area contributed by atoms with E-state index in [1.54, 1.807) is 6.33 Å². The fraction of sp³-hybridized carbons (Fsp3) is 0.00787. The van der Waals surface area contributed by atoms with Gasteiger partial charge in [-0.25, -0.2) is 23.7 Å². The summed E-state index contributed by atoms with van der Waals surface area (Å²) in [7, 11) is -6.48. The SMILES string of the molecule is [2H]C([2H])([2H])n1[cH+]n(-c2[c-]c([Si](c3[c-]c4c(cc3)c3ccccc3n4-c3cc(-c4c(-c5ccccc5)cccc4-c4ccccc4)ccn3)(c3ccccc3)c3ccccc3)ccc2)c2ccccc21.[Pt].[Pt].[c-]1c(-n2[cH+]n(-c3ccccc3)c3ccccc32)cccc1[Si](c1[c-]c2c(cc1)c1ccccc1n2-c1cc(-c2c(-c3ccccc3)cccc2-c2ccccc2)ccn1)(c1ccccc1)c1ccccc1. The number of aromatic nitrogens is 8. The van der Waals surface area contributed by atoms with Crippen molar-refractivity contribution in [1.82, 2.24) is 37.4 Å². The van der Waals surface area contributed by atoms with Gasteiger partial charge in [-0.1, -0.05) is 357 Å². The average Bonchev–Trinajstić information content (AvgIpc) is 1.35. The van der Waals surface area contributed by atoms with Crippen LogP contribution in [0.5, 0.6) is 0 Å². The Morgan fingerprint density at radius 2 is 0.547 bits per heavy atom. The van der Waals surface area contributed by atoms with E-state index < -0.39 is 23.1 Å². The summed E-state index contributed by atoms with van der Waals surface area (Å²) in [6.45, 7) is -2.37. The quantitative estimate of drug-likeness (QED) is 0.0460. The van der Waals surface area contributed by atoms with Crippen molar-refractivity contribution in [2.75, 3.05) is 0 Å². The van der Waals surface area contributed by atoms with Crippen molar-refractivity contribution in [1.29, 1.82) is 0 Å². The Balaban J connectivity index is 0.000000161. The van der Waals surface area contributed by atoms with Crippen LogP contribution in [0, 0.1) is 24.3 Å². The molecule has 19 aromatic carbocycles.